The van der Waals surface area contributed by atoms with Crippen LogP contribution in [-0.4, -0.2) is 27.5 Å². The molecule has 0 spiro atoms. The third kappa shape index (κ3) is 4.96. The van der Waals surface area contributed by atoms with E-state index >= 15 is 0 Å². The highest BCUT2D eigenvalue weighted by Crippen LogP contribution is 2.28. The highest BCUT2D eigenvalue weighted by molar-refractivity contribution is 7.80. The van der Waals surface area contributed by atoms with Gasteiger partial charge in [0.1, 0.15) is 5.52 Å². The van der Waals surface area contributed by atoms with E-state index in [1.54, 1.807) is 19.1 Å². The Kier molecular flexibility index (Phi) is 6.27. The van der Waals surface area contributed by atoms with Crippen LogP contribution in [0, 0.1) is 10.1 Å². The fourth-order valence-corrected chi connectivity index (χ4v) is 3.32. The molecule has 0 radical (unpaired) electrons. The molecule has 166 valence electrons. The fourth-order valence-electron chi connectivity index (χ4n) is 3.11. The molecule has 9 nitrogen and oxygen atoms in total. The number of anilines is 1. The number of para-hydroxylation sites is 2. The van der Waals surface area contributed by atoms with Crippen LogP contribution in [-0.2, 0) is 0 Å². The van der Waals surface area contributed by atoms with Crippen molar-refractivity contribution >= 4 is 45.7 Å². The summed E-state index contributed by atoms with van der Waals surface area (Å²) in [4.78, 5) is 27.6. The van der Waals surface area contributed by atoms with Crippen LogP contribution in [0.4, 0.5) is 11.4 Å². The Morgan fingerprint density at radius 1 is 1.15 bits per heavy atom. The highest BCUT2D eigenvalue weighted by atomic mass is 32.1. The zero-order valence-corrected chi connectivity index (χ0v) is 18.2. The number of rotatable bonds is 6. The number of nitro groups is 1. The molecule has 0 aliphatic rings. The Bertz CT molecular complexity index is 1320. The molecule has 1 heterocycles. The maximum atomic E-state index is 12.5. The summed E-state index contributed by atoms with van der Waals surface area (Å²) in [5.74, 6) is 0.0104. The monoisotopic (exact) mass is 462 g/mol. The Balaban J connectivity index is 1.41. The van der Waals surface area contributed by atoms with Gasteiger partial charge in [0.2, 0.25) is 5.89 Å². The number of nitrogens with zero attached hydrogens (tertiary/aromatic N) is 2. The molecule has 10 heteroatoms. The van der Waals surface area contributed by atoms with E-state index in [9.17, 15) is 14.9 Å². The summed E-state index contributed by atoms with van der Waals surface area (Å²) in [6.45, 7) is 1.99. The van der Waals surface area contributed by atoms with Gasteiger partial charge in [0.25, 0.3) is 5.91 Å². The van der Waals surface area contributed by atoms with Gasteiger partial charge >= 0.3 is 5.69 Å². The molecule has 0 bridgehead atoms. The molecule has 2 N–H and O–H groups in total. The van der Waals surface area contributed by atoms with Gasteiger partial charge in [-0.1, -0.05) is 12.1 Å². The molecule has 0 unspecified atom stereocenters. The van der Waals surface area contributed by atoms with Gasteiger partial charge < -0.3 is 14.5 Å². The van der Waals surface area contributed by atoms with Crippen molar-refractivity contribution in [1.82, 2.24) is 10.3 Å². The number of nitro benzene ring substituents is 1. The lowest BCUT2D eigenvalue weighted by Gasteiger charge is -2.10. The minimum absolute atomic E-state index is 0.0474. The van der Waals surface area contributed by atoms with Crippen LogP contribution in [0.2, 0.25) is 0 Å². The quantitative estimate of drug-likeness (QED) is 0.235. The van der Waals surface area contributed by atoms with Gasteiger partial charge in [0.15, 0.2) is 16.4 Å². The first-order chi connectivity index (χ1) is 15.9. The van der Waals surface area contributed by atoms with Crippen LogP contribution in [0.1, 0.15) is 17.3 Å². The van der Waals surface area contributed by atoms with Crippen molar-refractivity contribution in [3.8, 4) is 17.2 Å². The fraction of sp³-hybridized carbons (Fsp3) is 0.0870. The molecular formula is C23H18N4O5S. The number of oxazole rings is 1. The van der Waals surface area contributed by atoms with Crippen molar-refractivity contribution in [1.29, 1.82) is 0 Å². The van der Waals surface area contributed by atoms with E-state index in [0.29, 0.717) is 17.2 Å². The SMILES string of the molecule is CCOc1ccc(C(=O)NC(=S)Nc2ccc(-c3nc4ccccc4o3)cc2)cc1[N+](=O)[O-]. The molecule has 33 heavy (non-hydrogen) atoms. The van der Waals surface area contributed by atoms with Crippen LogP contribution in [0.3, 0.4) is 0 Å². The van der Waals surface area contributed by atoms with Gasteiger partial charge in [0.05, 0.1) is 11.5 Å². The molecule has 4 aromatic rings. The van der Waals surface area contributed by atoms with E-state index in [-0.39, 0.29) is 28.7 Å². The molecule has 4 rings (SSSR count). The van der Waals surface area contributed by atoms with E-state index < -0.39 is 10.8 Å². The lowest BCUT2D eigenvalue weighted by Crippen LogP contribution is -2.34. The number of nitrogens with one attached hydrogen (secondary N) is 2. The molecule has 3 aromatic carbocycles. The van der Waals surface area contributed by atoms with Gasteiger partial charge in [0, 0.05) is 22.9 Å². The van der Waals surface area contributed by atoms with Crippen LogP contribution in [0.5, 0.6) is 5.75 Å². The normalized spacial score (nSPS) is 10.6. The second kappa shape index (κ2) is 9.45. The van der Waals surface area contributed by atoms with Gasteiger partial charge in [-0.2, -0.15) is 0 Å². The average Bonchev–Trinajstić information content (AvgIpc) is 3.24. The van der Waals surface area contributed by atoms with E-state index in [4.69, 9.17) is 21.4 Å². The third-order valence-corrected chi connectivity index (χ3v) is 4.83. The molecule has 0 fully saturated rings. The second-order valence-electron chi connectivity index (χ2n) is 6.84. The lowest BCUT2D eigenvalue weighted by molar-refractivity contribution is -0.385. The van der Waals surface area contributed by atoms with Gasteiger partial charge in [-0.15, -0.1) is 0 Å². The summed E-state index contributed by atoms with van der Waals surface area (Å²) >= 11 is 5.20. The Morgan fingerprint density at radius 2 is 1.91 bits per heavy atom. The number of thiocarbonyl (C=S) groups is 1. The molecule has 0 aliphatic heterocycles. The first kappa shape index (κ1) is 21.9. The standard InChI is InChI=1S/C23H18N4O5S/c1-2-31-20-12-9-15(13-18(20)27(29)30)21(28)26-23(33)24-16-10-7-14(8-11-16)22-25-17-5-3-4-6-19(17)32-22/h3-13H,2H2,1H3,(H2,24,26,28,33). The minimum atomic E-state index is -0.600. The Hall–Kier alpha value is -4.31. The number of carbonyl (C=O) groups excluding carboxylic acids is 1. The van der Waals surface area contributed by atoms with E-state index in [0.717, 1.165) is 17.1 Å². The lowest BCUT2D eigenvalue weighted by atomic mass is 10.1. The largest absolute Gasteiger partial charge is 0.487 e. The predicted molar refractivity (Wildman–Crippen MR) is 127 cm³/mol. The van der Waals surface area contributed by atoms with E-state index in [1.807, 2.05) is 36.4 Å². The molecule has 0 aliphatic carbocycles. The Labute approximate surface area is 193 Å². The first-order valence-corrected chi connectivity index (χ1v) is 10.3. The number of ether oxygens (including phenoxy) is 1. The number of hydrogen-bond donors (Lipinski definition) is 2. The molecular weight excluding hydrogens is 444 g/mol. The number of carbonyl (C=O) groups is 1. The summed E-state index contributed by atoms with van der Waals surface area (Å²) in [6, 6.07) is 18.6. The average molecular weight is 462 g/mol. The zero-order chi connectivity index (χ0) is 23.4. The molecule has 1 amide bonds. The minimum Gasteiger partial charge on any atom is -0.487 e. The Morgan fingerprint density at radius 3 is 2.61 bits per heavy atom. The third-order valence-electron chi connectivity index (χ3n) is 4.63. The summed E-state index contributed by atoms with van der Waals surface area (Å²) in [6.07, 6.45) is 0. The van der Waals surface area contributed by atoms with Crippen LogP contribution >= 0.6 is 12.2 Å². The van der Waals surface area contributed by atoms with Crippen LogP contribution in [0.25, 0.3) is 22.6 Å². The van der Waals surface area contributed by atoms with Crippen molar-refractivity contribution in [2.24, 2.45) is 0 Å². The van der Waals surface area contributed by atoms with Crippen molar-refractivity contribution in [2.75, 3.05) is 11.9 Å². The molecule has 1 aromatic heterocycles. The van der Waals surface area contributed by atoms with Gasteiger partial charge in [-0.25, -0.2) is 4.98 Å². The first-order valence-electron chi connectivity index (χ1n) is 9.94. The molecule has 0 atom stereocenters. The van der Waals surface area contributed by atoms with Crippen LogP contribution in [0.15, 0.2) is 71.1 Å². The van der Waals surface area contributed by atoms with Gasteiger partial charge in [-0.05, 0) is 67.7 Å². The van der Waals surface area contributed by atoms with E-state index in [1.165, 1.54) is 12.1 Å². The second-order valence-corrected chi connectivity index (χ2v) is 7.25. The highest BCUT2D eigenvalue weighted by Gasteiger charge is 2.19. The molecule has 0 saturated carbocycles. The summed E-state index contributed by atoms with van der Waals surface area (Å²) in [5.41, 5.74) is 2.69. The number of aromatic nitrogens is 1. The number of fused-ring (bicyclic) bond motifs is 1. The smallest absolute Gasteiger partial charge is 0.311 e. The van der Waals surface area contributed by atoms with E-state index in [2.05, 4.69) is 15.6 Å². The number of hydrogen-bond acceptors (Lipinski definition) is 7. The van der Waals surface area contributed by atoms with Crippen LogP contribution < -0.4 is 15.4 Å². The van der Waals surface area contributed by atoms with Gasteiger partial charge in [-0.3, -0.25) is 20.2 Å². The maximum Gasteiger partial charge on any atom is 0.311 e. The van der Waals surface area contributed by atoms with Crippen molar-refractivity contribution in [3.63, 3.8) is 0 Å². The van der Waals surface area contributed by atoms with Crippen molar-refractivity contribution < 1.29 is 18.9 Å². The summed E-state index contributed by atoms with van der Waals surface area (Å²) < 4.78 is 11.0. The topological polar surface area (TPSA) is 120 Å². The number of benzene rings is 3. The maximum absolute atomic E-state index is 12.5. The van der Waals surface area contributed by atoms with Crippen molar-refractivity contribution in [2.45, 2.75) is 6.92 Å². The number of amides is 1. The summed E-state index contributed by atoms with van der Waals surface area (Å²) in [5, 5.41) is 16.7. The van der Waals surface area contributed by atoms with Crippen molar-refractivity contribution in [3.05, 3.63) is 82.4 Å². The molecule has 0 saturated heterocycles. The zero-order valence-electron chi connectivity index (χ0n) is 17.4. The predicted octanol–water partition coefficient (Wildman–Crippen LogP) is 4.93. The summed E-state index contributed by atoms with van der Waals surface area (Å²) in [7, 11) is 0.